The van der Waals surface area contributed by atoms with Gasteiger partial charge in [-0.25, -0.2) is 0 Å². The lowest BCUT2D eigenvalue weighted by atomic mass is 9.90. The van der Waals surface area contributed by atoms with Gasteiger partial charge in [0.2, 0.25) is 0 Å². The van der Waals surface area contributed by atoms with E-state index in [1.165, 1.54) is 18.4 Å². The third-order valence-corrected chi connectivity index (χ3v) is 4.84. The Morgan fingerprint density at radius 3 is 2.63 bits per heavy atom. The molecule has 1 aromatic carbocycles. The van der Waals surface area contributed by atoms with Crippen LogP contribution in [-0.2, 0) is 0 Å². The number of aliphatic hydroxyl groups excluding tert-OH is 1. The van der Waals surface area contributed by atoms with E-state index in [0.29, 0.717) is 5.92 Å². The molecule has 0 bridgehead atoms. The molecule has 0 aromatic heterocycles. The Labute approximate surface area is 116 Å². The molecule has 2 heteroatoms. The Hall–Kier alpha value is -1.02. The summed E-state index contributed by atoms with van der Waals surface area (Å²) in [4.78, 5) is 0. The van der Waals surface area contributed by atoms with Crippen molar-refractivity contribution in [3.05, 3.63) is 28.8 Å². The summed E-state index contributed by atoms with van der Waals surface area (Å²) in [7, 11) is 1.70. The van der Waals surface area contributed by atoms with Gasteiger partial charge in [0, 0.05) is 5.56 Å². The number of hydrogen-bond donors (Lipinski definition) is 1. The Morgan fingerprint density at radius 1 is 1.32 bits per heavy atom. The number of ether oxygens (including phenoxy) is 1. The lowest BCUT2D eigenvalue weighted by Gasteiger charge is -2.22. The van der Waals surface area contributed by atoms with E-state index in [9.17, 15) is 5.11 Å². The Bertz CT molecular complexity index is 439. The highest BCUT2D eigenvalue weighted by Crippen LogP contribution is 2.43. The summed E-state index contributed by atoms with van der Waals surface area (Å²) in [5, 5.41) is 10.7. The zero-order valence-electron chi connectivity index (χ0n) is 12.6. The number of benzene rings is 1. The summed E-state index contributed by atoms with van der Waals surface area (Å²) < 4.78 is 5.53. The number of hydrogen-bond acceptors (Lipinski definition) is 2. The predicted molar refractivity (Wildman–Crippen MR) is 78.5 cm³/mol. The largest absolute Gasteiger partial charge is 0.496 e. The van der Waals surface area contributed by atoms with Crippen molar-refractivity contribution in [1.82, 2.24) is 0 Å². The van der Waals surface area contributed by atoms with Crippen LogP contribution in [0.15, 0.2) is 12.1 Å². The van der Waals surface area contributed by atoms with Crippen LogP contribution < -0.4 is 4.74 Å². The molecule has 106 valence electrons. The molecule has 3 atom stereocenters. The van der Waals surface area contributed by atoms with Crippen molar-refractivity contribution >= 4 is 0 Å². The van der Waals surface area contributed by atoms with Crippen LogP contribution in [0.2, 0.25) is 0 Å². The third-order valence-electron chi connectivity index (χ3n) is 4.84. The first-order chi connectivity index (χ1) is 9.08. The molecule has 1 saturated carbocycles. The van der Waals surface area contributed by atoms with Gasteiger partial charge < -0.3 is 9.84 Å². The molecule has 1 aliphatic rings. The van der Waals surface area contributed by atoms with Crippen molar-refractivity contribution in [2.24, 2.45) is 11.8 Å². The molecule has 0 radical (unpaired) electrons. The average Bonchev–Trinajstić information content (AvgIpc) is 2.89. The van der Waals surface area contributed by atoms with Gasteiger partial charge in [0.25, 0.3) is 0 Å². The fourth-order valence-electron chi connectivity index (χ4n) is 3.34. The Morgan fingerprint density at radius 2 is 2.05 bits per heavy atom. The molecule has 1 aromatic rings. The quantitative estimate of drug-likeness (QED) is 0.882. The van der Waals surface area contributed by atoms with E-state index in [2.05, 4.69) is 26.8 Å². The van der Waals surface area contributed by atoms with Gasteiger partial charge in [-0.3, -0.25) is 0 Å². The molecule has 0 heterocycles. The second-order valence-electron chi connectivity index (χ2n) is 5.92. The second-order valence-corrected chi connectivity index (χ2v) is 5.92. The van der Waals surface area contributed by atoms with Crippen LogP contribution in [-0.4, -0.2) is 12.2 Å². The summed E-state index contributed by atoms with van der Waals surface area (Å²) in [5.74, 6) is 2.05. The van der Waals surface area contributed by atoms with E-state index in [-0.39, 0.29) is 6.10 Å². The fourth-order valence-corrected chi connectivity index (χ4v) is 3.34. The maximum Gasteiger partial charge on any atom is 0.127 e. The normalized spacial score (nSPS) is 24.5. The average molecular weight is 262 g/mol. The Kier molecular flexibility index (Phi) is 4.51. The van der Waals surface area contributed by atoms with Crippen molar-refractivity contribution in [2.75, 3.05) is 7.11 Å². The van der Waals surface area contributed by atoms with Crippen molar-refractivity contribution in [2.45, 2.75) is 52.6 Å². The van der Waals surface area contributed by atoms with Crippen molar-refractivity contribution in [3.8, 4) is 5.75 Å². The van der Waals surface area contributed by atoms with Crippen LogP contribution >= 0.6 is 0 Å². The number of methoxy groups -OCH3 is 1. The van der Waals surface area contributed by atoms with Gasteiger partial charge in [0.05, 0.1) is 13.2 Å². The van der Waals surface area contributed by atoms with Crippen LogP contribution in [0.1, 0.15) is 55.4 Å². The first-order valence-corrected chi connectivity index (χ1v) is 7.40. The zero-order valence-corrected chi connectivity index (χ0v) is 12.6. The summed E-state index contributed by atoms with van der Waals surface area (Å²) in [6.07, 6.45) is 4.38. The maximum atomic E-state index is 10.7. The summed E-state index contributed by atoms with van der Waals surface area (Å²) >= 11 is 0. The number of aliphatic hydroxyl groups is 1. The molecular formula is C17H26O2. The summed E-state index contributed by atoms with van der Waals surface area (Å²) in [6.45, 7) is 6.39. The molecule has 3 unspecified atom stereocenters. The molecule has 2 nitrogen and oxygen atoms in total. The highest BCUT2D eigenvalue weighted by molar-refractivity contribution is 5.46. The lowest BCUT2D eigenvalue weighted by molar-refractivity contribution is 0.106. The molecule has 0 spiro atoms. The highest BCUT2D eigenvalue weighted by Gasteiger charge is 2.31. The van der Waals surface area contributed by atoms with Gasteiger partial charge >= 0.3 is 0 Å². The number of aryl methyl sites for hydroxylation is 1. The molecule has 0 saturated heterocycles. The third kappa shape index (κ3) is 2.79. The minimum Gasteiger partial charge on any atom is -0.496 e. The second kappa shape index (κ2) is 5.96. The van der Waals surface area contributed by atoms with Gasteiger partial charge in [0.15, 0.2) is 0 Å². The van der Waals surface area contributed by atoms with E-state index in [1.807, 2.05) is 6.07 Å². The van der Waals surface area contributed by atoms with E-state index >= 15 is 0 Å². The molecule has 1 fully saturated rings. The van der Waals surface area contributed by atoms with Gasteiger partial charge in [0.1, 0.15) is 5.75 Å². The van der Waals surface area contributed by atoms with Crippen molar-refractivity contribution in [3.63, 3.8) is 0 Å². The van der Waals surface area contributed by atoms with Gasteiger partial charge in [-0.1, -0.05) is 31.9 Å². The monoisotopic (exact) mass is 262 g/mol. The van der Waals surface area contributed by atoms with E-state index in [4.69, 9.17) is 4.74 Å². The lowest BCUT2D eigenvalue weighted by Crippen LogP contribution is -2.12. The molecule has 2 rings (SSSR count). The highest BCUT2D eigenvalue weighted by atomic mass is 16.5. The minimum atomic E-state index is -0.384. The van der Waals surface area contributed by atoms with Gasteiger partial charge in [-0.2, -0.15) is 0 Å². The minimum absolute atomic E-state index is 0.384. The number of rotatable bonds is 4. The molecule has 0 aliphatic heterocycles. The van der Waals surface area contributed by atoms with Crippen LogP contribution in [0, 0.1) is 25.7 Å². The van der Waals surface area contributed by atoms with Crippen LogP contribution in [0.4, 0.5) is 0 Å². The molecule has 0 amide bonds. The van der Waals surface area contributed by atoms with Gasteiger partial charge in [-0.05, 0) is 49.7 Å². The first kappa shape index (κ1) is 14.4. The van der Waals surface area contributed by atoms with Crippen LogP contribution in [0.5, 0.6) is 5.75 Å². The standard InChI is InChI=1S/C17H26O2/c1-5-13-7-8-14(10-13)16(18)15-9-6-11(2)12(3)17(15)19-4/h6,9,13-14,16,18H,5,7-8,10H2,1-4H3. The van der Waals surface area contributed by atoms with Crippen LogP contribution in [0.25, 0.3) is 0 Å². The summed E-state index contributed by atoms with van der Waals surface area (Å²) in [6, 6.07) is 4.12. The molecule has 1 N–H and O–H groups in total. The Balaban J connectivity index is 2.24. The fraction of sp³-hybridized carbons (Fsp3) is 0.647. The van der Waals surface area contributed by atoms with Crippen molar-refractivity contribution in [1.29, 1.82) is 0 Å². The van der Waals surface area contributed by atoms with Crippen molar-refractivity contribution < 1.29 is 9.84 Å². The van der Waals surface area contributed by atoms with E-state index < -0.39 is 0 Å². The summed E-state index contributed by atoms with van der Waals surface area (Å²) in [5.41, 5.74) is 3.32. The molecule has 1 aliphatic carbocycles. The van der Waals surface area contributed by atoms with Crippen LogP contribution in [0.3, 0.4) is 0 Å². The topological polar surface area (TPSA) is 29.5 Å². The SMILES string of the molecule is CCC1CCC(C(O)c2ccc(C)c(C)c2OC)C1. The molecule has 19 heavy (non-hydrogen) atoms. The maximum absolute atomic E-state index is 10.7. The van der Waals surface area contributed by atoms with E-state index in [0.717, 1.165) is 35.6 Å². The van der Waals surface area contributed by atoms with Gasteiger partial charge in [-0.15, -0.1) is 0 Å². The zero-order chi connectivity index (χ0) is 14.0. The predicted octanol–water partition coefficient (Wildman–Crippen LogP) is 4.17. The first-order valence-electron chi connectivity index (χ1n) is 7.40. The molecular weight excluding hydrogens is 236 g/mol. The smallest absolute Gasteiger partial charge is 0.127 e. The van der Waals surface area contributed by atoms with E-state index in [1.54, 1.807) is 7.11 Å².